The lowest BCUT2D eigenvalue weighted by Gasteiger charge is -2.17. The number of carbonyl (C=O) groups excluding carboxylic acids is 2. The summed E-state index contributed by atoms with van der Waals surface area (Å²) in [7, 11) is 0. The van der Waals surface area contributed by atoms with Gasteiger partial charge in [0.1, 0.15) is 5.75 Å². The predicted molar refractivity (Wildman–Crippen MR) is 85.7 cm³/mol. The minimum atomic E-state index is -0.704. The maximum atomic E-state index is 12.2. The fourth-order valence-corrected chi connectivity index (χ4v) is 2.22. The van der Waals surface area contributed by atoms with Crippen LogP contribution in [-0.4, -0.2) is 18.3 Å². The van der Waals surface area contributed by atoms with E-state index in [0.717, 1.165) is 5.06 Å². The molecule has 2 aromatic carbocycles. The smallest absolute Gasteiger partial charge is 0.332 e. The molecule has 0 fully saturated rings. The van der Waals surface area contributed by atoms with Gasteiger partial charge in [-0.15, -0.1) is 5.06 Å². The second-order valence-corrected chi connectivity index (χ2v) is 5.72. The van der Waals surface area contributed by atoms with Crippen LogP contribution in [0.1, 0.15) is 24.2 Å². The van der Waals surface area contributed by atoms with Crippen molar-refractivity contribution in [3.63, 3.8) is 0 Å². The quantitative estimate of drug-likeness (QED) is 0.795. The van der Waals surface area contributed by atoms with Gasteiger partial charge in [0.15, 0.2) is 5.75 Å². The zero-order valence-corrected chi connectivity index (χ0v) is 13.0. The molecule has 0 spiro atoms. The molecule has 0 unspecified atom stereocenters. The number of ether oxygens (including phenoxy) is 1. The number of fused-ring (bicyclic) bond motifs is 1. The second-order valence-electron chi connectivity index (χ2n) is 5.72. The molecule has 2 aromatic rings. The number of anilines is 1. The van der Waals surface area contributed by atoms with Crippen molar-refractivity contribution in [1.29, 1.82) is 0 Å². The number of hydrogen-bond donors (Lipinski definition) is 0. The first kappa shape index (κ1) is 15.1. The number of Topliss-reactive ketones (excluding diaryl/α,β-unsaturated/α-hetero) is 1. The molecule has 1 heterocycles. The fraction of sp³-hybridized carbons (Fsp3) is 0.222. The Morgan fingerprint density at radius 3 is 2.43 bits per heavy atom. The topological polar surface area (TPSA) is 55.8 Å². The predicted octanol–water partition coefficient (Wildman–Crippen LogP) is 3.24. The van der Waals surface area contributed by atoms with Gasteiger partial charge >= 0.3 is 5.91 Å². The van der Waals surface area contributed by atoms with Crippen LogP contribution in [0, 0.1) is 5.92 Å². The fourth-order valence-electron chi connectivity index (χ4n) is 2.22. The Bertz CT molecular complexity index is 740. The molecular formula is C18H17NO4. The molecule has 0 aliphatic carbocycles. The first-order chi connectivity index (χ1) is 11.1. The SMILES string of the molecule is CC(C)COc1ccc2c(c1)N(Oc1ccccc1)C(=O)C2=O. The normalized spacial score (nSPS) is 13.4. The number of ketones is 1. The van der Waals surface area contributed by atoms with Gasteiger partial charge in [0.05, 0.1) is 17.9 Å². The van der Waals surface area contributed by atoms with E-state index in [1.807, 2.05) is 19.9 Å². The van der Waals surface area contributed by atoms with E-state index in [2.05, 4.69) is 0 Å². The summed E-state index contributed by atoms with van der Waals surface area (Å²) in [6, 6.07) is 13.8. The lowest BCUT2D eigenvalue weighted by Crippen LogP contribution is -2.32. The standard InChI is InChI=1S/C18H17NO4/c1-12(2)11-22-14-8-9-15-16(10-14)19(18(21)17(15)20)23-13-6-4-3-5-7-13/h3-10,12H,11H2,1-2H3. The summed E-state index contributed by atoms with van der Waals surface area (Å²) in [4.78, 5) is 29.8. The van der Waals surface area contributed by atoms with E-state index in [1.165, 1.54) is 0 Å². The van der Waals surface area contributed by atoms with Crippen molar-refractivity contribution in [2.45, 2.75) is 13.8 Å². The van der Waals surface area contributed by atoms with Gasteiger partial charge in [-0.05, 0) is 30.2 Å². The third-order valence-corrected chi connectivity index (χ3v) is 3.33. The van der Waals surface area contributed by atoms with E-state index >= 15 is 0 Å². The molecule has 23 heavy (non-hydrogen) atoms. The van der Waals surface area contributed by atoms with Crippen LogP contribution in [0.4, 0.5) is 5.69 Å². The van der Waals surface area contributed by atoms with E-state index < -0.39 is 11.7 Å². The summed E-state index contributed by atoms with van der Waals surface area (Å²) >= 11 is 0. The van der Waals surface area contributed by atoms with Gasteiger partial charge in [0, 0.05) is 6.07 Å². The van der Waals surface area contributed by atoms with E-state index in [0.29, 0.717) is 35.3 Å². The summed E-state index contributed by atoms with van der Waals surface area (Å²) in [5, 5.41) is 1.02. The molecule has 1 aliphatic rings. The van der Waals surface area contributed by atoms with Crippen molar-refractivity contribution >= 4 is 17.4 Å². The Morgan fingerprint density at radius 2 is 1.74 bits per heavy atom. The molecule has 1 aliphatic heterocycles. The van der Waals surface area contributed by atoms with Gasteiger partial charge in [-0.3, -0.25) is 9.59 Å². The van der Waals surface area contributed by atoms with Crippen LogP contribution in [0.25, 0.3) is 0 Å². The molecule has 5 nitrogen and oxygen atoms in total. The van der Waals surface area contributed by atoms with Crippen LogP contribution < -0.4 is 14.6 Å². The van der Waals surface area contributed by atoms with Gasteiger partial charge in [-0.25, -0.2) is 0 Å². The number of rotatable bonds is 5. The number of hydrogen-bond acceptors (Lipinski definition) is 4. The first-order valence-corrected chi connectivity index (χ1v) is 7.45. The number of hydroxylamine groups is 1. The van der Waals surface area contributed by atoms with E-state index in [-0.39, 0.29) is 0 Å². The molecule has 0 atom stereocenters. The largest absolute Gasteiger partial charge is 0.493 e. The van der Waals surface area contributed by atoms with Crippen molar-refractivity contribution < 1.29 is 19.2 Å². The molecule has 0 saturated carbocycles. The van der Waals surface area contributed by atoms with E-state index in [9.17, 15) is 9.59 Å². The van der Waals surface area contributed by atoms with Gasteiger partial charge in [-0.2, -0.15) is 0 Å². The average molecular weight is 311 g/mol. The lowest BCUT2D eigenvalue weighted by atomic mass is 10.1. The van der Waals surface area contributed by atoms with Gasteiger partial charge in [-0.1, -0.05) is 32.0 Å². The van der Waals surface area contributed by atoms with Crippen LogP contribution in [-0.2, 0) is 4.79 Å². The van der Waals surface area contributed by atoms with Crippen molar-refractivity contribution in [3.8, 4) is 11.5 Å². The monoisotopic (exact) mass is 311 g/mol. The summed E-state index contributed by atoms with van der Waals surface area (Å²) < 4.78 is 5.66. The maximum Gasteiger partial charge on any atom is 0.332 e. The molecule has 1 amide bonds. The van der Waals surface area contributed by atoms with Crippen molar-refractivity contribution in [1.82, 2.24) is 0 Å². The molecule has 0 radical (unpaired) electrons. The highest BCUT2D eigenvalue weighted by Crippen LogP contribution is 2.33. The third-order valence-electron chi connectivity index (χ3n) is 3.33. The highest BCUT2D eigenvalue weighted by Gasteiger charge is 2.38. The zero-order chi connectivity index (χ0) is 16.4. The highest BCUT2D eigenvalue weighted by atomic mass is 16.7. The molecule has 0 N–H and O–H groups in total. The first-order valence-electron chi connectivity index (χ1n) is 7.45. The van der Waals surface area contributed by atoms with Crippen LogP contribution in [0.3, 0.4) is 0 Å². The number of para-hydroxylation sites is 1. The minimum absolute atomic E-state index is 0.322. The molecule has 118 valence electrons. The number of nitrogens with zero attached hydrogens (tertiary/aromatic N) is 1. The molecule has 3 rings (SSSR count). The van der Waals surface area contributed by atoms with Gasteiger partial charge in [0.25, 0.3) is 5.78 Å². The Labute approximate surface area is 134 Å². The number of amides is 1. The highest BCUT2D eigenvalue weighted by molar-refractivity contribution is 6.51. The number of benzene rings is 2. The molecule has 0 saturated heterocycles. The Hall–Kier alpha value is -2.82. The summed E-state index contributed by atoms with van der Waals surface area (Å²) in [5.74, 6) is 0.177. The Morgan fingerprint density at radius 1 is 1.00 bits per heavy atom. The summed E-state index contributed by atoms with van der Waals surface area (Å²) in [5.41, 5.74) is 0.730. The Kier molecular flexibility index (Phi) is 4.02. The second kappa shape index (κ2) is 6.12. The van der Waals surface area contributed by atoms with E-state index in [4.69, 9.17) is 9.57 Å². The molecule has 0 bridgehead atoms. The van der Waals surface area contributed by atoms with Crippen molar-refractivity contribution in [2.24, 2.45) is 5.92 Å². The van der Waals surface area contributed by atoms with Crippen molar-refractivity contribution in [2.75, 3.05) is 11.7 Å². The van der Waals surface area contributed by atoms with E-state index in [1.54, 1.807) is 42.5 Å². The molecule has 0 aromatic heterocycles. The third kappa shape index (κ3) is 3.04. The summed E-state index contributed by atoms with van der Waals surface area (Å²) in [6.07, 6.45) is 0. The van der Waals surface area contributed by atoms with Crippen molar-refractivity contribution in [3.05, 3.63) is 54.1 Å². The summed E-state index contributed by atoms with van der Waals surface area (Å²) in [6.45, 7) is 4.65. The average Bonchev–Trinajstić information content (AvgIpc) is 2.79. The van der Waals surface area contributed by atoms with Crippen LogP contribution in [0.2, 0.25) is 0 Å². The molecular weight excluding hydrogens is 294 g/mol. The Balaban J connectivity index is 1.89. The van der Waals surface area contributed by atoms with Crippen LogP contribution >= 0.6 is 0 Å². The molecule has 5 heteroatoms. The minimum Gasteiger partial charge on any atom is -0.493 e. The van der Waals surface area contributed by atoms with Crippen LogP contribution in [0.15, 0.2) is 48.5 Å². The maximum absolute atomic E-state index is 12.2. The zero-order valence-electron chi connectivity index (χ0n) is 13.0. The van der Waals surface area contributed by atoms with Gasteiger partial charge in [0.2, 0.25) is 0 Å². The lowest BCUT2D eigenvalue weighted by molar-refractivity contribution is -0.118. The number of carbonyl (C=O) groups is 2. The van der Waals surface area contributed by atoms with Gasteiger partial charge < -0.3 is 9.57 Å². The van der Waals surface area contributed by atoms with Crippen LogP contribution in [0.5, 0.6) is 11.5 Å².